The summed E-state index contributed by atoms with van der Waals surface area (Å²) >= 11 is 0. The van der Waals surface area contributed by atoms with Crippen LogP contribution in [-0.2, 0) is 4.74 Å². The van der Waals surface area contributed by atoms with Crippen molar-refractivity contribution >= 4 is 35.0 Å². The van der Waals surface area contributed by atoms with Crippen LogP contribution in [0.25, 0.3) is 11.3 Å². The number of alkyl carbamates (subject to hydrolysis) is 1. The molecular formula is C29H35FN8O4. The number of carbonyl (C=O) groups is 3. The molecular weight excluding hydrogens is 543 g/mol. The van der Waals surface area contributed by atoms with Crippen LogP contribution in [0.5, 0.6) is 0 Å². The van der Waals surface area contributed by atoms with E-state index in [2.05, 4.69) is 25.9 Å². The fourth-order valence-electron chi connectivity index (χ4n) is 4.92. The molecule has 3 aromatic rings. The number of pyridine rings is 2. The summed E-state index contributed by atoms with van der Waals surface area (Å²) in [6.45, 7) is 6.53. The highest BCUT2D eigenvalue weighted by Crippen LogP contribution is 2.30. The number of hydrogen-bond acceptors (Lipinski definition) is 9. The number of nitrogen functional groups attached to an aromatic ring is 1. The van der Waals surface area contributed by atoms with Crippen LogP contribution in [-0.4, -0.2) is 66.2 Å². The summed E-state index contributed by atoms with van der Waals surface area (Å²) in [4.78, 5) is 48.2. The van der Waals surface area contributed by atoms with Gasteiger partial charge in [-0.3, -0.25) is 14.6 Å². The molecule has 3 atom stereocenters. The molecule has 1 aliphatic heterocycles. The number of hydrogen-bond donors (Lipinski definition) is 5. The van der Waals surface area contributed by atoms with E-state index in [1.54, 1.807) is 12.3 Å². The van der Waals surface area contributed by atoms with Gasteiger partial charge in [0.2, 0.25) is 0 Å². The normalized spacial score (nSPS) is 18.4. The summed E-state index contributed by atoms with van der Waals surface area (Å²) in [6.07, 6.45) is 2.54. The van der Waals surface area contributed by atoms with E-state index in [4.69, 9.17) is 16.2 Å². The van der Waals surface area contributed by atoms with Gasteiger partial charge >= 0.3 is 6.09 Å². The van der Waals surface area contributed by atoms with Crippen LogP contribution in [0.4, 0.5) is 26.2 Å². The molecule has 0 aliphatic carbocycles. The number of nitrogens with two attached hydrogens (primary N) is 2. The summed E-state index contributed by atoms with van der Waals surface area (Å²) in [6, 6.07) is 7.83. The van der Waals surface area contributed by atoms with E-state index in [1.165, 1.54) is 43.6 Å². The van der Waals surface area contributed by atoms with E-state index < -0.39 is 23.9 Å². The smallest absolute Gasteiger partial charge is 0.407 e. The third-order valence-corrected chi connectivity index (χ3v) is 6.94. The first-order valence-electron chi connectivity index (χ1n) is 13.5. The first-order valence-corrected chi connectivity index (χ1v) is 13.5. The Balaban J connectivity index is 1.58. The van der Waals surface area contributed by atoms with Gasteiger partial charge in [-0.2, -0.15) is 0 Å². The maximum Gasteiger partial charge on any atom is 0.407 e. The Hall–Kier alpha value is -4.78. The molecule has 1 fully saturated rings. The lowest BCUT2D eigenvalue weighted by Gasteiger charge is -2.42. The van der Waals surface area contributed by atoms with Crippen LogP contribution in [0, 0.1) is 11.7 Å². The van der Waals surface area contributed by atoms with E-state index in [9.17, 15) is 18.8 Å². The Morgan fingerprint density at radius 3 is 2.57 bits per heavy atom. The minimum Gasteiger partial charge on any atom is -0.453 e. The highest BCUT2D eigenvalue weighted by Gasteiger charge is 2.34. The molecule has 1 saturated heterocycles. The summed E-state index contributed by atoms with van der Waals surface area (Å²) in [5.74, 6) is -1.63. The number of halogens is 1. The number of carbonyl (C=O) groups excluding carboxylic acids is 3. The maximum absolute atomic E-state index is 14.8. The molecule has 4 rings (SSSR count). The largest absolute Gasteiger partial charge is 0.453 e. The summed E-state index contributed by atoms with van der Waals surface area (Å²) in [5.41, 5.74) is 14.0. The number of benzene rings is 1. The average molecular weight is 579 g/mol. The summed E-state index contributed by atoms with van der Waals surface area (Å²) in [7, 11) is 1.30. The van der Waals surface area contributed by atoms with Gasteiger partial charge in [-0.15, -0.1) is 0 Å². The first kappa shape index (κ1) is 30.2. The molecule has 2 aromatic heterocycles. The number of methoxy groups -OCH3 is 1. The van der Waals surface area contributed by atoms with Gasteiger partial charge in [0.05, 0.1) is 42.1 Å². The van der Waals surface area contributed by atoms with E-state index in [0.29, 0.717) is 24.5 Å². The van der Waals surface area contributed by atoms with Crippen LogP contribution < -0.4 is 32.3 Å². The zero-order chi connectivity index (χ0) is 30.6. The van der Waals surface area contributed by atoms with Crippen molar-refractivity contribution < 1.29 is 23.5 Å². The number of nitrogens with zero attached hydrogens (tertiary/aromatic N) is 3. The van der Waals surface area contributed by atoms with Gasteiger partial charge < -0.3 is 37.1 Å². The topological polar surface area (TPSA) is 178 Å². The average Bonchev–Trinajstić information content (AvgIpc) is 2.95. The van der Waals surface area contributed by atoms with Gasteiger partial charge in [-0.1, -0.05) is 6.92 Å². The third kappa shape index (κ3) is 6.74. The van der Waals surface area contributed by atoms with Crippen LogP contribution in [0.2, 0.25) is 0 Å². The van der Waals surface area contributed by atoms with Crippen LogP contribution in [0.1, 0.15) is 41.6 Å². The van der Waals surface area contributed by atoms with Crippen molar-refractivity contribution in [2.45, 2.75) is 38.9 Å². The number of nitrogens with one attached hydrogen (secondary N) is 3. The standard InChI is InChI=1S/C29H35FN8O4/c1-15(2)34-27(39)17-5-6-19(30)18(11-17)22-8-7-20(31)26(35-22)28(40)36-23-12-33-10-9-24(23)38-13-16(3)25(21(32)14-38)37-29(41)42-4/h5-12,15-16,21,25H,13-14,31-32H2,1-4H3,(H,34,39)(H,36,40)(H,37,41). The molecule has 3 unspecified atom stereocenters. The van der Waals surface area contributed by atoms with Crippen LogP contribution in [0.15, 0.2) is 48.8 Å². The zero-order valence-electron chi connectivity index (χ0n) is 23.8. The summed E-state index contributed by atoms with van der Waals surface area (Å²) in [5, 5.41) is 8.37. The van der Waals surface area contributed by atoms with E-state index >= 15 is 0 Å². The van der Waals surface area contributed by atoms with Crippen molar-refractivity contribution in [3.05, 3.63) is 65.9 Å². The van der Waals surface area contributed by atoms with Crippen molar-refractivity contribution in [2.75, 3.05) is 36.1 Å². The van der Waals surface area contributed by atoms with E-state index in [0.717, 1.165) is 0 Å². The molecule has 7 N–H and O–H groups in total. The number of ether oxygens (including phenoxy) is 1. The van der Waals surface area contributed by atoms with Gasteiger partial charge in [0, 0.05) is 42.5 Å². The highest BCUT2D eigenvalue weighted by atomic mass is 19.1. The van der Waals surface area contributed by atoms with E-state index in [-0.39, 0.29) is 52.1 Å². The lowest BCUT2D eigenvalue weighted by molar-refractivity contribution is 0.0942. The molecule has 3 heterocycles. The van der Waals surface area contributed by atoms with Crippen molar-refractivity contribution in [1.29, 1.82) is 0 Å². The highest BCUT2D eigenvalue weighted by molar-refractivity contribution is 6.08. The fraction of sp³-hybridized carbons (Fsp3) is 0.345. The predicted molar refractivity (Wildman–Crippen MR) is 158 cm³/mol. The van der Waals surface area contributed by atoms with E-state index in [1.807, 2.05) is 25.7 Å². The first-order chi connectivity index (χ1) is 20.0. The third-order valence-electron chi connectivity index (χ3n) is 6.94. The van der Waals surface area contributed by atoms with Crippen molar-refractivity contribution in [1.82, 2.24) is 20.6 Å². The number of anilines is 3. The van der Waals surface area contributed by atoms with Gasteiger partial charge in [0.25, 0.3) is 11.8 Å². The van der Waals surface area contributed by atoms with Crippen LogP contribution in [0.3, 0.4) is 0 Å². The van der Waals surface area contributed by atoms with Gasteiger partial charge in [-0.25, -0.2) is 14.2 Å². The zero-order valence-corrected chi connectivity index (χ0v) is 23.8. The number of piperidine rings is 1. The van der Waals surface area contributed by atoms with Crippen molar-refractivity contribution in [3.8, 4) is 11.3 Å². The quantitative estimate of drug-likeness (QED) is 0.282. The monoisotopic (exact) mass is 578 g/mol. The maximum atomic E-state index is 14.8. The number of rotatable bonds is 7. The Kier molecular flexibility index (Phi) is 9.21. The van der Waals surface area contributed by atoms with Crippen molar-refractivity contribution in [2.24, 2.45) is 11.7 Å². The second-order valence-corrected chi connectivity index (χ2v) is 10.5. The van der Waals surface area contributed by atoms with Gasteiger partial charge in [0.15, 0.2) is 5.69 Å². The SMILES string of the molecule is COC(=O)NC1C(C)CN(c2ccncc2NC(=O)c2nc(-c3cc(C(=O)NC(C)C)ccc3F)ccc2N)CC1N. The molecule has 1 aliphatic rings. The van der Waals surface area contributed by atoms with Gasteiger partial charge in [-0.05, 0) is 56.2 Å². The fourth-order valence-corrected chi connectivity index (χ4v) is 4.92. The van der Waals surface area contributed by atoms with Crippen molar-refractivity contribution in [3.63, 3.8) is 0 Å². The second kappa shape index (κ2) is 12.8. The molecule has 12 nitrogen and oxygen atoms in total. The second-order valence-electron chi connectivity index (χ2n) is 10.5. The minimum absolute atomic E-state index is 0.0353. The summed E-state index contributed by atoms with van der Waals surface area (Å²) < 4.78 is 19.6. The number of aromatic nitrogens is 2. The number of amides is 3. The predicted octanol–water partition coefficient (Wildman–Crippen LogP) is 2.76. The minimum atomic E-state index is -0.627. The van der Waals surface area contributed by atoms with Gasteiger partial charge in [0.1, 0.15) is 5.82 Å². The molecule has 1 aromatic carbocycles. The molecule has 0 radical (unpaired) electrons. The molecule has 13 heteroatoms. The molecule has 3 amide bonds. The molecule has 42 heavy (non-hydrogen) atoms. The molecule has 222 valence electrons. The Bertz CT molecular complexity index is 1470. The van der Waals surface area contributed by atoms with Crippen LogP contribution >= 0.6 is 0 Å². The molecule has 0 saturated carbocycles. The lowest BCUT2D eigenvalue weighted by atomic mass is 9.90. The Morgan fingerprint density at radius 1 is 1.12 bits per heavy atom. The molecule has 0 spiro atoms. The Morgan fingerprint density at radius 2 is 1.88 bits per heavy atom. The Labute approximate surface area is 243 Å². The lowest BCUT2D eigenvalue weighted by Crippen LogP contribution is -2.62. The molecule has 0 bridgehead atoms.